The standard InChI is InChI=1S/C25H31N5O3/c1-28(2)25(33)20-8-9-21(27-23(20)26)18-10-12-29(13-11-18)24(32)19-14-22(31)30(16-19)15-17-6-4-3-5-7-17/h3-9,18-19H,10-16H2,1-2H3,(H2,26,27)/t19-/m1/s1. The number of carbonyl (C=O) groups excluding carboxylic acids is 3. The van der Waals surface area contributed by atoms with E-state index in [9.17, 15) is 14.4 Å². The Morgan fingerprint density at radius 3 is 2.42 bits per heavy atom. The van der Waals surface area contributed by atoms with Crippen LogP contribution >= 0.6 is 0 Å². The second-order valence-corrected chi connectivity index (χ2v) is 9.13. The lowest BCUT2D eigenvalue weighted by Gasteiger charge is -2.33. The molecule has 2 fully saturated rings. The fourth-order valence-corrected chi connectivity index (χ4v) is 4.69. The summed E-state index contributed by atoms with van der Waals surface area (Å²) in [5.74, 6) is 0.102. The Morgan fingerprint density at radius 1 is 1.09 bits per heavy atom. The lowest BCUT2D eigenvalue weighted by molar-refractivity contribution is -0.136. The van der Waals surface area contributed by atoms with Gasteiger partial charge in [-0.25, -0.2) is 4.98 Å². The molecule has 2 aromatic rings. The van der Waals surface area contributed by atoms with E-state index in [1.165, 1.54) is 4.90 Å². The number of nitrogen functional groups attached to an aromatic ring is 1. The third-order valence-corrected chi connectivity index (χ3v) is 6.59. The van der Waals surface area contributed by atoms with E-state index in [2.05, 4.69) is 4.98 Å². The minimum atomic E-state index is -0.275. The number of anilines is 1. The molecular weight excluding hydrogens is 418 g/mol. The van der Waals surface area contributed by atoms with Crippen LogP contribution in [0.5, 0.6) is 0 Å². The van der Waals surface area contributed by atoms with Gasteiger partial charge in [0.05, 0.1) is 11.5 Å². The van der Waals surface area contributed by atoms with Gasteiger partial charge < -0.3 is 20.4 Å². The molecule has 4 rings (SSSR count). The van der Waals surface area contributed by atoms with Gasteiger partial charge in [0.15, 0.2) is 0 Å². The quantitative estimate of drug-likeness (QED) is 0.754. The van der Waals surface area contributed by atoms with Crippen molar-refractivity contribution in [3.05, 3.63) is 59.3 Å². The van der Waals surface area contributed by atoms with Crippen LogP contribution in [0.4, 0.5) is 5.82 Å². The number of nitrogens with zero attached hydrogens (tertiary/aromatic N) is 4. The molecule has 33 heavy (non-hydrogen) atoms. The first kappa shape index (κ1) is 22.8. The molecule has 1 atom stereocenters. The molecule has 0 spiro atoms. The fourth-order valence-electron chi connectivity index (χ4n) is 4.69. The fraction of sp³-hybridized carbons (Fsp3) is 0.440. The maximum Gasteiger partial charge on any atom is 0.257 e. The van der Waals surface area contributed by atoms with Crippen LogP contribution in [0.2, 0.25) is 0 Å². The first-order chi connectivity index (χ1) is 15.8. The van der Waals surface area contributed by atoms with Crippen LogP contribution in [0.1, 0.15) is 46.8 Å². The van der Waals surface area contributed by atoms with Crippen LogP contribution in [0, 0.1) is 5.92 Å². The Kier molecular flexibility index (Phi) is 6.62. The normalized spacial score (nSPS) is 19.1. The van der Waals surface area contributed by atoms with Gasteiger partial charge in [-0.3, -0.25) is 14.4 Å². The van der Waals surface area contributed by atoms with E-state index in [-0.39, 0.29) is 41.8 Å². The number of aromatic nitrogens is 1. The molecule has 0 saturated carbocycles. The molecule has 2 aliphatic heterocycles. The van der Waals surface area contributed by atoms with Crippen molar-refractivity contribution in [3.8, 4) is 0 Å². The van der Waals surface area contributed by atoms with Crippen molar-refractivity contribution in [3.63, 3.8) is 0 Å². The highest BCUT2D eigenvalue weighted by Crippen LogP contribution is 2.30. The zero-order chi connectivity index (χ0) is 23.5. The van der Waals surface area contributed by atoms with E-state index < -0.39 is 0 Å². The number of rotatable bonds is 5. The summed E-state index contributed by atoms with van der Waals surface area (Å²) in [5, 5.41) is 0. The first-order valence-electron chi connectivity index (χ1n) is 11.4. The van der Waals surface area contributed by atoms with Gasteiger partial charge in [-0.05, 0) is 30.5 Å². The van der Waals surface area contributed by atoms with E-state index in [4.69, 9.17) is 5.73 Å². The Hall–Kier alpha value is -3.42. The minimum absolute atomic E-state index is 0.0409. The van der Waals surface area contributed by atoms with Gasteiger partial charge in [-0.2, -0.15) is 0 Å². The second kappa shape index (κ2) is 9.60. The average molecular weight is 450 g/mol. The largest absolute Gasteiger partial charge is 0.383 e. The van der Waals surface area contributed by atoms with Gasteiger partial charge in [-0.1, -0.05) is 30.3 Å². The van der Waals surface area contributed by atoms with Crippen LogP contribution in [-0.4, -0.2) is 71.1 Å². The van der Waals surface area contributed by atoms with Crippen LogP contribution in [0.25, 0.3) is 0 Å². The summed E-state index contributed by atoms with van der Waals surface area (Å²) in [6.45, 7) is 2.29. The highest BCUT2D eigenvalue weighted by atomic mass is 16.2. The second-order valence-electron chi connectivity index (χ2n) is 9.13. The van der Waals surface area contributed by atoms with Crippen molar-refractivity contribution in [1.82, 2.24) is 19.7 Å². The van der Waals surface area contributed by atoms with Crippen molar-refractivity contribution in [2.75, 3.05) is 39.5 Å². The maximum atomic E-state index is 13.1. The smallest absolute Gasteiger partial charge is 0.257 e. The number of benzene rings is 1. The molecule has 0 bridgehead atoms. The third kappa shape index (κ3) is 4.99. The summed E-state index contributed by atoms with van der Waals surface area (Å²) in [5.41, 5.74) is 8.39. The molecule has 3 heterocycles. The van der Waals surface area contributed by atoms with E-state index in [1.807, 2.05) is 41.3 Å². The average Bonchev–Trinajstić information content (AvgIpc) is 3.18. The number of pyridine rings is 1. The molecule has 0 radical (unpaired) electrons. The number of carbonyl (C=O) groups is 3. The van der Waals surface area contributed by atoms with Crippen molar-refractivity contribution < 1.29 is 14.4 Å². The number of amides is 3. The van der Waals surface area contributed by atoms with Crippen LogP contribution < -0.4 is 5.73 Å². The topological polar surface area (TPSA) is 99.8 Å². The number of hydrogen-bond donors (Lipinski definition) is 1. The molecule has 1 aromatic carbocycles. The molecule has 8 nitrogen and oxygen atoms in total. The zero-order valence-electron chi connectivity index (χ0n) is 19.2. The van der Waals surface area contributed by atoms with Crippen molar-refractivity contribution in [1.29, 1.82) is 0 Å². The molecule has 0 aliphatic carbocycles. The SMILES string of the molecule is CN(C)C(=O)c1ccc(C2CCN(C(=O)[C@@H]3CC(=O)N(Cc4ccccc4)C3)CC2)nc1N. The number of piperidine rings is 1. The zero-order valence-corrected chi connectivity index (χ0v) is 19.2. The molecule has 2 aliphatic rings. The van der Waals surface area contributed by atoms with Gasteiger partial charge in [0.25, 0.3) is 5.91 Å². The van der Waals surface area contributed by atoms with Crippen molar-refractivity contribution in [2.45, 2.75) is 31.7 Å². The van der Waals surface area contributed by atoms with E-state index >= 15 is 0 Å². The highest BCUT2D eigenvalue weighted by molar-refractivity contribution is 5.98. The summed E-state index contributed by atoms with van der Waals surface area (Å²) < 4.78 is 0. The predicted molar refractivity (Wildman–Crippen MR) is 125 cm³/mol. The molecule has 3 amide bonds. The van der Waals surface area contributed by atoms with Crippen molar-refractivity contribution >= 4 is 23.5 Å². The summed E-state index contributed by atoms with van der Waals surface area (Å²) in [6, 6.07) is 13.5. The lowest BCUT2D eigenvalue weighted by Crippen LogP contribution is -2.42. The van der Waals surface area contributed by atoms with Crippen LogP contribution in [0.15, 0.2) is 42.5 Å². The van der Waals surface area contributed by atoms with Gasteiger partial charge >= 0.3 is 0 Å². The van der Waals surface area contributed by atoms with E-state index in [1.54, 1.807) is 25.1 Å². The van der Waals surface area contributed by atoms with Gasteiger partial charge in [0.2, 0.25) is 11.8 Å². The Labute approximate surface area is 194 Å². The number of likely N-dealkylation sites (tertiary alicyclic amines) is 2. The van der Waals surface area contributed by atoms with Crippen LogP contribution in [-0.2, 0) is 16.1 Å². The highest BCUT2D eigenvalue weighted by Gasteiger charge is 2.37. The Balaban J connectivity index is 1.32. The number of nitrogens with two attached hydrogens (primary N) is 1. The lowest BCUT2D eigenvalue weighted by atomic mass is 9.91. The maximum absolute atomic E-state index is 13.1. The molecule has 174 valence electrons. The van der Waals surface area contributed by atoms with Crippen LogP contribution in [0.3, 0.4) is 0 Å². The summed E-state index contributed by atoms with van der Waals surface area (Å²) in [7, 11) is 3.36. The van der Waals surface area contributed by atoms with E-state index in [0.717, 1.165) is 24.1 Å². The monoisotopic (exact) mass is 449 g/mol. The molecule has 1 aromatic heterocycles. The Bertz CT molecular complexity index is 1030. The van der Waals surface area contributed by atoms with E-state index in [0.29, 0.717) is 31.7 Å². The molecule has 2 saturated heterocycles. The number of hydrogen-bond acceptors (Lipinski definition) is 5. The summed E-state index contributed by atoms with van der Waals surface area (Å²) in [4.78, 5) is 47.4. The molecular formula is C25H31N5O3. The molecule has 8 heteroatoms. The Morgan fingerprint density at radius 2 is 1.79 bits per heavy atom. The summed E-state index contributed by atoms with van der Waals surface area (Å²) >= 11 is 0. The first-order valence-corrected chi connectivity index (χ1v) is 11.4. The molecule has 2 N–H and O–H groups in total. The van der Waals surface area contributed by atoms with Gasteiger partial charge in [0.1, 0.15) is 5.82 Å². The minimum Gasteiger partial charge on any atom is -0.383 e. The predicted octanol–water partition coefficient (Wildman–Crippen LogP) is 2.12. The van der Waals surface area contributed by atoms with Gasteiger partial charge in [0, 0.05) is 58.3 Å². The van der Waals surface area contributed by atoms with Crippen molar-refractivity contribution in [2.24, 2.45) is 5.92 Å². The molecule has 0 unspecified atom stereocenters. The van der Waals surface area contributed by atoms with Gasteiger partial charge in [-0.15, -0.1) is 0 Å². The summed E-state index contributed by atoms with van der Waals surface area (Å²) in [6.07, 6.45) is 1.85. The third-order valence-electron chi connectivity index (χ3n) is 6.59.